The van der Waals surface area contributed by atoms with Gasteiger partial charge >= 0.3 is 19.8 Å². The maximum Gasteiger partial charge on any atom is 0.472 e. The predicted octanol–water partition coefficient (Wildman–Crippen LogP) is 11.2. The number of carbonyl (C=O) groups excluding carboxylic acids is 2. The lowest BCUT2D eigenvalue weighted by atomic mass is 10.0. The average Bonchev–Trinajstić information content (AvgIpc) is 3.03. The van der Waals surface area contributed by atoms with Gasteiger partial charge in [0.05, 0.1) is 6.61 Å². The van der Waals surface area contributed by atoms with Crippen LogP contribution in [0.1, 0.15) is 194 Å². The SMILES string of the molecule is CCCCCCCCCCCCCCCC(=O)OC[C@H](COP(=O)(O)OC)OC(=O)CCCCCCCCCCCCCCC. The van der Waals surface area contributed by atoms with Crippen LogP contribution in [0, 0.1) is 0 Å². The second-order valence-electron chi connectivity index (χ2n) is 12.7. The fourth-order valence-corrected chi connectivity index (χ4v) is 5.88. The molecule has 0 aromatic carbocycles. The van der Waals surface area contributed by atoms with Gasteiger partial charge in [0.25, 0.3) is 0 Å². The van der Waals surface area contributed by atoms with E-state index < -0.39 is 26.5 Å². The minimum absolute atomic E-state index is 0.217. The normalized spacial score (nSPS) is 13.4. The molecule has 0 aromatic rings. The highest BCUT2D eigenvalue weighted by Crippen LogP contribution is 2.42. The Morgan fingerprint density at radius 1 is 0.533 bits per heavy atom. The Kier molecular flexibility index (Phi) is 32.3. The molecule has 9 heteroatoms. The van der Waals surface area contributed by atoms with Crippen LogP contribution in [0.3, 0.4) is 0 Å². The molecule has 0 aliphatic rings. The van der Waals surface area contributed by atoms with E-state index >= 15 is 0 Å². The molecule has 0 saturated heterocycles. The molecule has 0 saturated carbocycles. The van der Waals surface area contributed by atoms with Crippen LogP contribution in [0.4, 0.5) is 0 Å². The molecule has 0 aliphatic carbocycles. The van der Waals surface area contributed by atoms with Crippen molar-refractivity contribution in [1.82, 2.24) is 0 Å². The lowest BCUT2D eigenvalue weighted by Gasteiger charge is -2.19. The highest BCUT2D eigenvalue weighted by molar-refractivity contribution is 7.47. The van der Waals surface area contributed by atoms with Crippen molar-refractivity contribution in [3.8, 4) is 0 Å². The molecule has 0 aliphatic heterocycles. The first kappa shape index (κ1) is 44.0. The first-order valence-electron chi connectivity index (χ1n) is 18.7. The van der Waals surface area contributed by atoms with Crippen molar-refractivity contribution in [2.75, 3.05) is 20.3 Å². The van der Waals surface area contributed by atoms with Gasteiger partial charge in [0.1, 0.15) is 6.61 Å². The fourth-order valence-electron chi connectivity index (χ4n) is 5.42. The third-order valence-corrected chi connectivity index (χ3v) is 9.29. The van der Waals surface area contributed by atoms with Crippen molar-refractivity contribution >= 4 is 19.8 Å². The second kappa shape index (κ2) is 33.0. The molecule has 0 spiro atoms. The summed E-state index contributed by atoms with van der Waals surface area (Å²) in [6, 6.07) is 0. The Balaban J connectivity index is 4.03. The van der Waals surface area contributed by atoms with Crippen LogP contribution in [-0.2, 0) is 32.7 Å². The number of unbranched alkanes of at least 4 members (excludes halogenated alkanes) is 24. The number of hydrogen-bond donors (Lipinski definition) is 1. The molecule has 0 fully saturated rings. The molecular weight excluding hydrogens is 591 g/mol. The summed E-state index contributed by atoms with van der Waals surface area (Å²) in [5.41, 5.74) is 0. The van der Waals surface area contributed by atoms with E-state index in [1.807, 2.05) is 0 Å². The maximum atomic E-state index is 12.4. The minimum Gasteiger partial charge on any atom is -0.462 e. The van der Waals surface area contributed by atoms with E-state index in [9.17, 15) is 19.0 Å². The van der Waals surface area contributed by atoms with Gasteiger partial charge in [0.15, 0.2) is 6.10 Å². The summed E-state index contributed by atoms with van der Waals surface area (Å²) < 4.78 is 31.8. The van der Waals surface area contributed by atoms with E-state index in [-0.39, 0.29) is 19.0 Å². The molecule has 0 aromatic heterocycles. The summed E-state index contributed by atoms with van der Waals surface area (Å²) >= 11 is 0. The predicted molar refractivity (Wildman–Crippen MR) is 184 cm³/mol. The Bertz CT molecular complexity index is 717. The first-order chi connectivity index (χ1) is 21.8. The lowest BCUT2D eigenvalue weighted by molar-refractivity contribution is -0.161. The summed E-state index contributed by atoms with van der Waals surface area (Å²) in [5, 5.41) is 0. The molecule has 0 radical (unpaired) electrons. The summed E-state index contributed by atoms with van der Waals surface area (Å²) in [6.45, 7) is 3.89. The fraction of sp³-hybridized carbons (Fsp3) is 0.944. The average molecular weight is 663 g/mol. The van der Waals surface area contributed by atoms with E-state index in [1.165, 1.54) is 128 Å². The van der Waals surface area contributed by atoms with E-state index in [2.05, 4.69) is 18.4 Å². The van der Waals surface area contributed by atoms with Crippen LogP contribution in [0.15, 0.2) is 0 Å². The Hall–Kier alpha value is -0.950. The highest BCUT2D eigenvalue weighted by atomic mass is 31.2. The zero-order valence-electron chi connectivity index (χ0n) is 29.5. The van der Waals surface area contributed by atoms with Gasteiger partial charge in [-0.05, 0) is 12.8 Å². The first-order valence-corrected chi connectivity index (χ1v) is 20.2. The van der Waals surface area contributed by atoms with Crippen LogP contribution < -0.4 is 0 Å². The van der Waals surface area contributed by atoms with Gasteiger partial charge in [0.2, 0.25) is 0 Å². The molecular formula is C36H71O8P. The molecule has 1 N–H and O–H groups in total. The zero-order valence-corrected chi connectivity index (χ0v) is 30.4. The van der Waals surface area contributed by atoms with Crippen LogP contribution >= 0.6 is 7.82 Å². The van der Waals surface area contributed by atoms with Gasteiger partial charge in [-0.3, -0.25) is 18.6 Å². The molecule has 0 rings (SSSR count). The number of phosphoric ester groups is 1. The maximum absolute atomic E-state index is 12.4. The number of ether oxygens (including phenoxy) is 2. The van der Waals surface area contributed by atoms with Crippen LogP contribution in [0.25, 0.3) is 0 Å². The number of esters is 2. The van der Waals surface area contributed by atoms with Gasteiger partial charge in [-0.1, -0.05) is 168 Å². The van der Waals surface area contributed by atoms with E-state index in [1.54, 1.807) is 0 Å². The van der Waals surface area contributed by atoms with E-state index in [0.717, 1.165) is 45.6 Å². The molecule has 0 amide bonds. The topological polar surface area (TPSA) is 108 Å². The molecule has 8 nitrogen and oxygen atoms in total. The van der Waals surface area contributed by atoms with Gasteiger partial charge in [-0.15, -0.1) is 0 Å². The number of hydrogen-bond acceptors (Lipinski definition) is 7. The van der Waals surface area contributed by atoms with Crippen molar-refractivity contribution in [2.24, 2.45) is 0 Å². The third-order valence-electron chi connectivity index (χ3n) is 8.35. The van der Waals surface area contributed by atoms with Gasteiger partial charge in [-0.2, -0.15) is 0 Å². The van der Waals surface area contributed by atoms with Gasteiger partial charge in [-0.25, -0.2) is 4.57 Å². The quantitative estimate of drug-likeness (QED) is 0.0406. The Morgan fingerprint density at radius 3 is 1.22 bits per heavy atom. The number of rotatable bonds is 35. The lowest BCUT2D eigenvalue weighted by Crippen LogP contribution is -2.29. The smallest absolute Gasteiger partial charge is 0.462 e. The summed E-state index contributed by atoms with van der Waals surface area (Å²) in [5.74, 6) is -0.793. The Morgan fingerprint density at radius 2 is 0.867 bits per heavy atom. The minimum atomic E-state index is -4.24. The summed E-state index contributed by atoms with van der Waals surface area (Å²) in [7, 11) is -3.18. The van der Waals surface area contributed by atoms with E-state index in [0.29, 0.717) is 6.42 Å². The van der Waals surface area contributed by atoms with Crippen molar-refractivity contribution in [2.45, 2.75) is 200 Å². The van der Waals surface area contributed by atoms with Crippen LogP contribution in [-0.4, -0.2) is 43.3 Å². The number of carbonyl (C=O) groups is 2. The van der Waals surface area contributed by atoms with Crippen LogP contribution in [0.5, 0.6) is 0 Å². The summed E-state index contributed by atoms with van der Waals surface area (Å²) in [6.07, 6.45) is 31.5. The van der Waals surface area contributed by atoms with Crippen molar-refractivity contribution < 1.29 is 37.6 Å². The third kappa shape index (κ3) is 32.8. The van der Waals surface area contributed by atoms with Crippen molar-refractivity contribution in [3.05, 3.63) is 0 Å². The van der Waals surface area contributed by atoms with Crippen molar-refractivity contribution in [1.29, 1.82) is 0 Å². The molecule has 0 heterocycles. The monoisotopic (exact) mass is 662 g/mol. The standard InChI is InChI=1S/C36H71O8P/c1-4-6-8-10-12-14-16-18-20-22-24-26-28-30-35(37)42-32-34(33-43-45(39,40)41-3)44-36(38)31-29-27-25-23-21-19-17-15-13-11-9-7-5-2/h34H,4-33H2,1-3H3,(H,39,40)/t34-/m1/s1. The largest absolute Gasteiger partial charge is 0.472 e. The van der Waals surface area contributed by atoms with Crippen LogP contribution in [0.2, 0.25) is 0 Å². The summed E-state index contributed by atoms with van der Waals surface area (Å²) in [4.78, 5) is 34.3. The molecule has 2 atom stereocenters. The molecule has 45 heavy (non-hydrogen) atoms. The van der Waals surface area contributed by atoms with Gasteiger partial charge in [0, 0.05) is 20.0 Å². The second-order valence-corrected chi connectivity index (χ2v) is 14.3. The zero-order chi connectivity index (χ0) is 33.3. The van der Waals surface area contributed by atoms with E-state index in [4.69, 9.17) is 14.0 Å². The molecule has 0 bridgehead atoms. The highest BCUT2D eigenvalue weighted by Gasteiger charge is 2.24. The van der Waals surface area contributed by atoms with Crippen molar-refractivity contribution in [3.63, 3.8) is 0 Å². The molecule has 1 unspecified atom stereocenters. The Labute approximate surface area is 277 Å². The van der Waals surface area contributed by atoms with Gasteiger partial charge < -0.3 is 14.4 Å². The molecule has 268 valence electrons. The number of phosphoric acid groups is 1.